The minimum Gasteiger partial charge on any atom is -0.389 e. The quantitative estimate of drug-likeness (QED) is 0.855. The van der Waals surface area contributed by atoms with Gasteiger partial charge in [0, 0.05) is 31.2 Å². The third kappa shape index (κ3) is 3.75. The third-order valence-corrected chi connectivity index (χ3v) is 4.06. The van der Waals surface area contributed by atoms with Crippen molar-refractivity contribution in [2.45, 2.75) is 25.9 Å². The van der Waals surface area contributed by atoms with Crippen molar-refractivity contribution in [2.24, 2.45) is 5.73 Å². The number of hydrogen-bond donors (Lipinski definition) is 1. The molecule has 1 saturated heterocycles. The second-order valence-electron chi connectivity index (χ2n) is 5.46. The Balaban J connectivity index is 2.14. The fraction of sp³-hybridized carbons (Fsp3) is 0.533. The Labute approximate surface area is 121 Å². The van der Waals surface area contributed by atoms with Crippen molar-refractivity contribution in [1.82, 2.24) is 9.80 Å². The zero-order valence-electron chi connectivity index (χ0n) is 11.8. The smallest absolute Gasteiger partial charge is 0.104 e. The van der Waals surface area contributed by atoms with E-state index in [0.29, 0.717) is 11.0 Å². The Morgan fingerprint density at radius 2 is 2.11 bits per heavy atom. The summed E-state index contributed by atoms with van der Waals surface area (Å²) in [5, 5.41) is 0. The third-order valence-electron chi connectivity index (χ3n) is 3.84. The lowest BCUT2D eigenvalue weighted by molar-refractivity contribution is 0.194. The van der Waals surface area contributed by atoms with Crippen LogP contribution in [-0.4, -0.2) is 47.5 Å². The van der Waals surface area contributed by atoms with E-state index in [2.05, 4.69) is 35.9 Å². The van der Waals surface area contributed by atoms with Crippen LogP contribution in [0, 0.1) is 0 Å². The van der Waals surface area contributed by atoms with E-state index in [1.807, 2.05) is 12.1 Å². The number of benzene rings is 1. The van der Waals surface area contributed by atoms with Crippen molar-refractivity contribution < 1.29 is 0 Å². The van der Waals surface area contributed by atoms with Gasteiger partial charge in [0.05, 0.1) is 0 Å². The Morgan fingerprint density at radius 1 is 1.37 bits per heavy atom. The molecule has 0 saturated carbocycles. The predicted molar refractivity (Wildman–Crippen MR) is 84.3 cm³/mol. The van der Waals surface area contributed by atoms with Crippen LogP contribution in [0.15, 0.2) is 24.3 Å². The van der Waals surface area contributed by atoms with Gasteiger partial charge in [-0.1, -0.05) is 36.5 Å². The molecule has 2 rings (SSSR count). The van der Waals surface area contributed by atoms with Gasteiger partial charge in [-0.25, -0.2) is 0 Å². The van der Waals surface area contributed by atoms with Crippen LogP contribution < -0.4 is 5.73 Å². The van der Waals surface area contributed by atoms with Gasteiger partial charge in [-0.3, -0.25) is 4.90 Å². The van der Waals surface area contributed by atoms with Gasteiger partial charge in [0.2, 0.25) is 0 Å². The molecule has 3 nitrogen and oxygen atoms in total. The number of hydrogen-bond acceptors (Lipinski definition) is 3. The molecule has 1 heterocycles. The summed E-state index contributed by atoms with van der Waals surface area (Å²) in [7, 11) is 2.20. The topological polar surface area (TPSA) is 32.5 Å². The highest BCUT2D eigenvalue weighted by atomic mass is 32.1. The van der Waals surface area contributed by atoms with Gasteiger partial charge in [0.15, 0.2) is 0 Å². The molecule has 104 valence electrons. The minimum atomic E-state index is 0.496. The maximum atomic E-state index is 5.81. The largest absolute Gasteiger partial charge is 0.389 e. The van der Waals surface area contributed by atoms with Crippen LogP contribution >= 0.6 is 12.2 Å². The van der Waals surface area contributed by atoms with E-state index in [1.165, 1.54) is 18.5 Å². The van der Waals surface area contributed by atoms with Crippen LogP contribution in [0.4, 0.5) is 0 Å². The number of likely N-dealkylation sites (N-methyl/N-ethyl adjacent to an activating group) is 1. The summed E-state index contributed by atoms with van der Waals surface area (Å²) in [6.07, 6.45) is 1.22. The summed E-state index contributed by atoms with van der Waals surface area (Å²) in [6, 6.07) is 8.78. The van der Waals surface area contributed by atoms with Gasteiger partial charge in [0.25, 0.3) is 0 Å². The van der Waals surface area contributed by atoms with E-state index < -0.39 is 0 Å². The van der Waals surface area contributed by atoms with E-state index in [4.69, 9.17) is 18.0 Å². The molecule has 0 amide bonds. The molecular formula is C15H23N3S. The maximum absolute atomic E-state index is 5.81. The first-order valence-corrected chi connectivity index (χ1v) is 7.29. The second kappa shape index (κ2) is 6.46. The fourth-order valence-electron chi connectivity index (χ4n) is 2.77. The lowest BCUT2D eigenvalue weighted by atomic mass is 10.1. The molecule has 1 aliphatic rings. The number of nitrogens with zero attached hydrogens (tertiary/aromatic N) is 2. The van der Waals surface area contributed by atoms with Crippen molar-refractivity contribution in [2.75, 3.05) is 26.7 Å². The number of thiocarbonyl (C=S) groups is 1. The molecule has 19 heavy (non-hydrogen) atoms. The van der Waals surface area contributed by atoms with E-state index in [9.17, 15) is 0 Å². The molecule has 0 radical (unpaired) electrons. The molecule has 1 aliphatic heterocycles. The number of nitrogens with two attached hydrogens (primary N) is 1. The average molecular weight is 277 g/mol. The highest BCUT2D eigenvalue weighted by Gasteiger charge is 2.20. The second-order valence-corrected chi connectivity index (χ2v) is 5.90. The number of rotatable bonds is 3. The zero-order chi connectivity index (χ0) is 13.8. The molecule has 4 heteroatoms. The van der Waals surface area contributed by atoms with Crippen LogP contribution in [-0.2, 0) is 6.54 Å². The monoisotopic (exact) mass is 277 g/mol. The highest BCUT2D eigenvalue weighted by Crippen LogP contribution is 2.16. The van der Waals surface area contributed by atoms with Gasteiger partial charge in [-0.05, 0) is 32.5 Å². The van der Waals surface area contributed by atoms with Crippen molar-refractivity contribution in [1.29, 1.82) is 0 Å². The first kappa shape index (κ1) is 14.4. The van der Waals surface area contributed by atoms with E-state index in [0.717, 1.165) is 25.2 Å². The highest BCUT2D eigenvalue weighted by molar-refractivity contribution is 7.80. The molecule has 1 atom stereocenters. The molecular weight excluding hydrogens is 254 g/mol. The summed E-state index contributed by atoms with van der Waals surface area (Å²) in [5.41, 5.74) is 8.07. The molecule has 0 aliphatic carbocycles. The Morgan fingerprint density at radius 3 is 2.84 bits per heavy atom. The van der Waals surface area contributed by atoms with Crippen LogP contribution in [0.1, 0.15) is 24.5 Å². The van der Waals surface area contributed by atoms with Gasteiger partial charge in [-0.2, -0.15) is 0 Å². The van der Waals surface area contributed by atoms with Crippen LogP contribution in [0.2, 0.25) is 0 Å². The molecule has 0 spiro atoms. The molecule has 1 aromatic carbocycles. The molecule has 0 bridgehead atoms. The summed E-state index contributed by atoms with van der Waals surface area (Å²) in [6.45, 7) is 6.66. The Hall–Kier alpha value is -0.970. The van der Waals surface area contributed by atoms with Crippen LogP contribution in [0.5, 0.6) is 0 Å². The van der Waals surface area contributed by atoms with E-state index >= 15 is 0 Å². The summed E-state index contributed by atoms with van der Waals surface area (Å²) < 4.78 is 0. The molecule has 1 aromatic rings. The summed E-state index contributed by atoms with van der Waals surface area (Å²) >= 11 is 5.14. The molecule has 2 N–H and O–H groups in total. The summed E-state index contributed by atoms with van der Waals surface area (Å²) in [5.74, 6) is 0. The molecule has 1 fully saturated rings. The van der Waals surface area contributed by atoms with Crippen LogP contribution in [0.3, 0.4) is 0 Å². The predicted octanol–water partition coefficient (Wildman–Crippen LogP) is 1.85. The lowest BCUT2D eigenvalue weighted by Gasteiger charge is -2.28. The molecule has 0 aromatic heterocycles. The maximum Gasteiger partial charge on any atom is 0.104 e. The minimum absolute atomic E-state index is 0.496. The van der Waals surface area contributed by atoms with Crippen molar-refractivity contribution in [3.05, 3.63) is 35.4 Å². The van der Waals surface area contributed by atoms with E-state index in [-0.39, 0.29) is 0 Å². The van der Waals surface area contributed by atoms with Gasteiger partial charge < -0.3 is 10.6 Å². The lowest BCUT2D eigenvalue weighted by Crippen LogP contribution is -2.37. The van der Waals surface area contributed by atoms with Crippen LogP contribution in [0.25, 0.3) is 0 Å². The van der Waals surface area contributed by atoms with Gasteiger partial charge in [0.1, 0.15) is 4.99 Å². The van der Waals surface area contributed by atoms with Crippen molar-refractivity contribution in [3.63, 3.8) is 0 Å². The zero-order valence-corrected chi connectivity index (χ0v) is 12.6. The summed E-state index contributed by atoms with van der Waals surface area (Å²) in [4.78, 5) is 5.43. The Kier molecular flexibility index (Phi) is 4.91. The van der Waals surface area contributed by atoms with Crippen molar-refractivity contribution >= 4 is 17.2 Å². The van der Waals surface area contributed by atoms with Gasteiger partial charge >= 0.3 is 0 Å². The fourth-order valence-corrected chi connectivity index (χ4v) is 2.97. The SMILES string of the molecule is CC1CN(C)CCCN1Cc1ccccc1C(N)=S. The Bertz CT molecular complexity index is 447. The molecule has 1 unspecified atom stereocenters. The average Bonchev–Trinajstić information content (AvgIpc) is 2.52. The van der Waals surface area contributed by atoms with E-state index in [1.54, 1.807) is 0 Å². The van der Waals surface area contributed by atoms with Gasteiger partial charge in [-0.15, -0.1) is 0 Å². The first-order valence-electron chi connectivity index (χ1n) is 6.88. The standard InChI is InChI=1S/C15H23N3S/c1-12-10-17(2)8-5-9-18(12)11-13-6-3-4-7-14(13)15(16)19/h3-4,6-7,12H,5,8-11H2,1-2H3,(H2,16,19). The first-order chi connectivity index (χ1) is 9.08. The van der Waals surface area contributed by atoms with Crippen molar-refractivity contribution in [3.8, 4) is 0 Å². The normalized spacial score (nSPS) is 22.1.